The number of benzene rings is 2. The smallest absolute Gasteiger partial charge is 0.371 e. The highest BCUT2D eigenvalue weighted by molar-refractivity contribution is 6.30. The Morgan fingerprint density at radius 1 is 0.953 bits per heavy atom. The van der Waals surface area contributed by atoms with Gasteiger partial charge in [-0.3, -0.25) is 9.78 Å². The number of piperidine rings is 1. The van der Waals surface area contributed by atoms with Crippen molar-refractivity contribution in [1.29, 1.82) is 0 Å². The second kappa shape index (κ2) is 12.1. The number of amides is 3. The first-order valence-corrected chi connectivity index (χ1v) is 14.7. The lowest BCUT2D eigenvalue weighted by molar-refractivity contribution is -0.136. The molecule has 7 nitrogen and oxygen atoms in total. The van der Waals surface area contributed by atoms with Gasteiger partial charge in [0.05, 0.1) is 17.3 Å². The number of hydrogen-bond acceptors (Lipinski definition) is 4. The summed E-state index contributed by atoms with van der Waals surface area (Å²) >= 11 is 5.78. The quantitative estimate of drug-likeness (QED) is 0.329. The standard InChI is InChI=1S/C32H35ClF3N5O2/c1-19-15-25(16-20(2)37-19)41-13-11-24(12-14-41)39(3)30(42)22-6-5-21-7-10-29(26(21)17-22)40(4)31(43)38-28-9-8-23(33)18-27(28)32(34,35)36/h5-6,8-9,15-18,24,29H,7,10-14H2,1-4H3,(H,38,43). The SMILES string of the molecule is Cc1cc(N2CCC(N(C)C(=O)c3ccc4c(c3)C(N(C)C(=O)Nc3ccc(Cl)cc3C(F)(F)F)CC4)CC2)cc(C)n1. The number of aromatic nitrogens is 1. The van der Waals surface area contributed by atoms with Crippen LogP contribution in [0.5, 0.6) is 0 Å². The fourth-order valence-corrected chi connectivity index (χ4v) is 6.37. The number of carbonyl (C=O) groups is 2. The Balaban J connectivity index is 1.26. The summed E-state index contributed by atoms with van der Waals surface area (Å²) in [6.07, 6.45) is -1.70. The monoisotopic (exact) mass is 613 g/mol. The van der Waals surface area contributed by atoms with E-state index in [2.05, 4.69) is 27.3 Å². The van der Waals surface area contributed by atoms with E-state index in [9.17, 15) is 22.8 Å². The number of pyridine rings is 1. The van der Waals surface area contributed by atoms with Crippen LogP contribution in [0.4, 0.5) is 29.3 Å². The number of alkyl halides is 3. The normalized spacial score (nSPS) is 17.0. The number of urea groups is 1. The van der Waals surface area contributed by atoms with Gasteiger partial charge in [-0.2, -0.15) is 13.2 Å². The fourth-order valence-electron chi connectivity index (χ4n) is 6.20. The maximum absolute atomic E-state index is 13.6. The molecule has 1 aromatic heterocycles. The van der Waals surface area contributed by atoms with Crippen molar-refractivity contribution >= 4 is 34.9 Å². The van der Waals surface area contributed by atoms with E-state index in [1.165, 1.54) is 11.0 Å². The van der Waals surface area contributed by atoms with Crippen molar-refractivity contribution in [1.82, 2.24) is 14.8 Å². The number of hydrogen-bond donors (Lipinski definition) is 1. The molecule has 2 aromatic carbocycles. The number of anilines is 2. The highest BCUT2D eigenvalue weighted by Crippen LogP contribution is 2.39. The molecular formula is C32H35ClF3N5O2. The lowest BCUT2D eigenvalue weighted by atomic mass is 10.00. The number of halogens is 4. The van der Waals surface area contributed by atoms with Gasteiger partial charge < -0.3 is 20.0 Å². The predicted molar refractivity (Wildman–Crippen MR) is 162 cm³/mol. The second-order valence-corrected chi connectivity index (χ2v) is 11.9. The van der Waals surface area contributed by atoms with Crippen LogP contribution in [0.3, 0.4) is 0 Å². The van der Waals surface area contributed by atoms with Gasteiger partial charge in [0.15, 0.2) is 0 Å². The molecule has 1 saturated heterocycles. The Kier molecular flexibility index (Phi) is 8.61. The Hall–Kier alpha value is -3.79. The van der Waals surface area contributed by atoms with Gasteiger partial charge >= 0.3 is 12.2 Å². The van der Waals surface area contributed by atoms with Crippen LogP contribution in [0.2, 0.25) is 5.02 Å². The van der Waals surface area contributed by atoms with Crippen LogP contribution in [0.25, 0.3) is 0 Å². The van der Waals surface area contributed by atoms with E-state index in [1.54, 1.807) is 7.05 Å². The van der Waals surface area contributed by atoms with Crippen molar-refractivity contribution in [3.05, 3.63) is 87.2 Å². The van der Waals surface area contributed by atoms with E-state index in [0.29, 0.717) is 18.4 Å². The molecule has 3 amide bonds. The second-order valence-electron chi connectivity index (χ2n) is 11.4. The summed E-state index contributed by atoms with van der Waals surface area (Å²) in [5.74, 6) is -0.0920. The van der Waals surface area contributed by atoms with Gasteiger partial charge in [0, 0.05) is 60.9 Å². The molecule has 1 unspecified atom stereocenters. The van der Waals surface area contributed by atoms with Crippen LogP contribution in [0, 0.1) is 13.8 Å². The van der Waals surface area contributed by atoms with Gasteiger partial charge in [0.25, 0.3) is 5.91 Å². The predicted octanol–water partition coefficient (Wildman–Crippen LogP) is 7.26. The van der Waals surface area contributed by atoms with Crippen molar-refractivity contribution in [2.24, 2.45) is 0 Å². The molecule has 2 heterocycles. The first kappa shape index (κ1) is 30.7. The molecule has 0 radical (unpaired) electrons. The van der Waals surface area contributed by atoms with E-state index in [0.717, 1.165) is 66.3 Å². The third-order valence-corrected chi connectivity index (χ3v) is 8.75. The van der Waals surface area contributed by atoms with E-state index in [4.69, 9.17) is 11.6 Å². The molecule has 0 saturated carbocycles. The van der Waals surface area contributed by atoms with Crippen LogP contribution >= 0.6 is 11.6 Å². The molecule has 11 heteroatoms. The van der Waals surface area contributed by atoms with E-state index >= 15 is 0 Å². The lowest BCUT2D eigenvalue weighted by Gasteiger charge is -2.38. The van der Waals surface area contributed by atoms with Gasteiger partial charge in [-0.1, -0.05) is 17.7 Å². The molecule has 5 rings (SSSR count). The third-order valence-electron chi connectivity index (χ3n) is 8.52. The van der Waals surface area contributed by atoms with Crippen LogP contribution in [0.15, 0.2) is 48.5 Å². The number of fused-ring (bicyclic) bond motifs is 1. The first-order chi connectivity index (χ1) is 20.3. The van der Waals surface area contributed by atoms with Crippen LogP contribution in [-0.2, 0) is 12.6 Å². The molecule has 228 valence electrons. The summed E-state index contributed by atoms with van der Waals surface area (Å²) in [5, 5.41) is 2.32. The molecule has 43 heavy (non-hydrogen) atoms. The van der Waals surface area contributed by atoms with E-state index in [-0.39, 0.29) is 28.7 Å². The zero-order chi connectivity index (χ0) is 31.1. The number of aryl methyl sites for hydroxylation is 3. The van der Waals surface area contributed by atoms with E-state index in [1.807, 2.05) is 44.0 Å². The number of carbonyl (C=O) groups excluding carboxylic acids is 2. The van der Waals surface area contributed by atoms with Gasteiger partial charge in [0.2, 0.25) is 0 Å². The van der Waals surface area contributed by atoms with Crippen LogP contribution in [-0.4, -0.2) is 59.9 Å². The molecular weight excluding hydrogens is 579 g/mol. The molecule has 1 atom stereocenters. The summed E-state index contributed by atoms with van der Waals surface area (Å²) in [4.78, 5) is 36.7. The largest absolute Gasteiger partial charge is 0.418 e. The summed E-state index contributed by atoms with van der Waals surface area (Å²) < 4.78 is 40.7. The summed E-state index contributed by atoms with van der Waals surface area (Å²) in [7, 11) is 3.39. The minimum absolute atomic E-state index is 0.0740. The van der Waals surface area contributed by atoms with Gasteiger partial charge in [-0.15, -0.1) is 0 Å². The molecule has 1 N–H and O–H groups in total. The Morgan fingerprint density at radius 2 is 1.63 bits per heavy atom. The summed E-state index contributed by atoms with van der Waals surface area (Å²) in [6.45, 7) is 5.65. The van der Waals surface area contributed by atoms with Crippen molar-refractivity contribution in [2.75, 3.05) is 37.4 Å². The van der Waals surface area contributed by atoms with Crippen molar-refractivity contribution in [3.63, 3.8) is 0 Å². The third kappa shape index (κ3) is 6.59. The van der Waals surface area contributed by atoms with Gasteiger partial charge in [0.1, 0.15) is 0 Å². The molecule has 0 bridgehead atoms. The Labute approximate surface area is 254 Å². The van der Waals surface area contributed by atoms with Crippen molar-refractivity contribution in [2.45, 2.75) is 57.8 Å². The Bertz CT molecular complexity index is 1520. The van der Waals surface area contributed by atoms with Crippen LogP contribution in [0.1, 0.15) is 63.7 Å². The maximum atomic E-state index is 13.6. The first-order valence-electron chi connectivity index (χ1n) is 14.3. The van der Waals surface area contributed by atoms with Crippen LogP contribution < -0.4 is 10.2 Å². The highest BCUT2D eigenvalue weighted by atomic mass is 35.5. The molecule has 1 fully saturated rings. The minimum Gasteiger partial charge on any atom is -0.371 e. The summed E-state index contributed by atoms with van der Waals surface area (Å²) in [6, 6.07) is 12.0. The molecule has 0 spiro atoms. The lowest BCUT2D eigenvalue weighted by Crippen LogP contribution is -2.45. The van der Waals surface area contributed by atoms with E-state index < -0.39 is 17.8 Å². The van der Waals surface area contributed by atoms with Gasteiger partial charge in [-0.05, 0) is 93.1 Å². The van der Waals surface area contributed by atoms with Gasteiger partial charge in [-0.25, -0.2) is 4.79 Å². The average molecular weight is 614 g/mol. The highest BCUT2D eigenvalue weighted by Gasteiger charge is 2.36. The zero-order valence-corrected chi connectivity index (χ0v) is 25.4. The number of nitrogens with one attached hydrogen (secondary N) is 1. The molecule has 1 aliphatic carbocycles. The average Bonchev–Trinajstić information content (AvgIpc) is 3.39. The summed E-state index contributed by atoms with van der Waals surface area (Å²) in [5.41, 5.74) is 4.13. The van der Waals surface area contributed by atoms with Crippen molar-refractivity contribution in [3.8, 4) is 0 Å². The van der Waals surface area contributed by atoms with Crippen molar-refractivity contribution < 1.29 is 22.8 Å². The minimum atomic E-state index is -4.68. The number of nitrogens with zero attached hydrogens (tertiary/aromatic N) is 4. The fraction of sp³-hybridized carbons (Fsp3) is 0.406. The zero-order valence-electron chi connectivity index (χ0n) is 24.6. The topological polar surface area (TPSA) is 68.8 Å². The Morgan fingerprint density at radius 3 is 2.28 bits per heavy atom. The molecule has 2 aliphatic rings. The molecule has 1 aliphatic heterocycles. The molecule has 3 aromatic rings. The number of rotatable bonds is 5. The maximum Gasteiger partial charge on any atom is 0.418 e.